The maximum Gasteiger partial charge on any atom is 0.277 e. The molecule has 0 saturated heterocycles. The van der Waals surface area contributed by atoms with Gasteiger partial charge in [0.25, 0.3) is 11.1 Å². The third-order valence-electron chi connectivity index (χ3n) is 3.12. The zero-order chi connectivity index (χ0) is 17.6. The Morgan fingerprint density at radius 3 is 2.56 bits per heavy atom. The van der Waals surface area contributed by atoms with Gasteiger partial charge in [-0.3, -0.25) is 4.79 Å². The van der Waals surface area contributed by atoms with Crippen molar-refractivity contribution in [2.24, 2.45) is 0 Å². The molecule has 0 aliphatic heterocycles. The number of halogens is 2. The van der Waals surface area contributed by atoms with Gasteiger partial charge in [-0.05, 0) is 36.4 Å². The number of ketones is 1. The van der Waals surface area contributed by atoms with Crippen LogP contribution in [-0.2, 0) is 6.61 Å². The van der Waals surface area contributed by atoms with Crippen LogP contribution in [0.3, 0.4) is 0 Å². The van der Waals surface area contributed by atoms with E-state index in [4.69, 9.17) is 20.8 Å². The first kappa shape index (κ1) is 18.0. The normalized spacial score (nSPS) is 10.6. The molecule has 0 bridgehead atoms. The molecule has 128 valence electrons. The quantitative estimate of drug-likeness (QED) is 0.379. The minimum absolute atomic E-state index is 0.00494. The summed E-state index contributed by atoms with van der Waals surface area (Å²) in [6, 6.07) is 14.2. The van der Waals surface area contributed by atoms with Crippen LogP contribution in [0.4, 0.5) is 0 Å². The number of nitrogens with zero attached hydrogens (tertiary/aromatic N) is 2. The Bertz CT molecular complexity index is 853. The number of ether oxygens (including phenoxy) is 1. The van der Waals surface area contributed by atoms with Crippen LogP contribution in [0.1, 0.15) is 16.2 Å². The minimum Gasteiger partial charge on any atom is -0.484 e. The SMILES string of the molecule is O=C(CSc1nnc(COc2ccc(Cl)cc2)o1)c1ccc(Br)cc1. The highest BCUT2D eigenvalue weighted by molar-refractivity contribution is 9.10. The molecule has 2 aromatic carbocycles. The summed E-state index contributed by atoms with van der Waals surface area (Å²) in [5.41, 5.74) is 0.640. The number of aromatic nitrogens is 2. The third-order valence-corrected chi connectivity index (χ3v) is 4.72. The van der Waals surface area contributed by atoms with Gasteiger partial charge in [0.1, 0.15) is 5.75 Å². The van der Waals surface area contributed by atoms with Crippen molar-refractivity contribution in [1.82, 2.24) is 10.2 Å². The molecule has 0 spiro atoms. The van der Waals surface area contributed by atoms with Gasteiger partial charge in [0.05, 0.1) is 5.75 Å². The molecule has 1 aromatic heterocycles. The van der Waals surface area contributed by atoms with E-state index in [1.165, 1.54) is 11.8 Å². The molecule has 0 fully saturated rings. The molecule has 0 amide bonds. The van der Waals surface area contributed by atoms with E-state index >= 15 is 0 Å². The van der Waals surface area contributed by atoms with E-state index in [1.54, 1.807) is 36.4 Å². The second kappa shape index (κ2) is 8.51. The van der Waals surface area contributed by atoms with Crippen LogP contribution in [0, 0.1) is 0 Å². The standard InChI is InChI=1S/C17H12BrClN2O3S/c18-12-3-1-11(2-4-12)15(22)10-25-17-21-20-16(24-17)9-23-14-7-5-13(19)6-8-14/h1-8H,9-10H2. The van der Waals surface area contributed by atoms with E-state index in [-0.39, 0.29) is 18.1 Å². The average Bonchev–Trinajstić information content (AvgIpc) is 3.08. The number of benzene rings is 2. The number of carbonyl (C=O) groups is 1. The van der Waals surface area contributed by atoms with Crippen molar-refractivity contribution in [1.29, 1.82) is 0 Å². The van der Waals surface area contributed by atoms with Crippen molar-refractivity contribution >= 4 is 45.1 Å². The Morgan fingerprint density at radius 1 is 1.12 bits per heavy atom. The first-order chi connectivity index (χ1) is 12.1. The molecule has 0 unspecified atom stereocenters. The molecule has 25 heavy (non-hydrogen) atoms. The molecule has 0 atom stereocenters. The van der Waals surface area contributed by atoms with E-state index in [1.807, 2.05) is 12.1 Å². The summed E-state index contributed by atoms with van der Waals surface area (Å²) in [5, 5.41) is 8.78. The summed E-state index contributed by atoms with van der Waals surface area (Å²) in [6.07, 6.45) is 0. The van der Waals surface area contributed by atoms with Gasteiger partial charge in [-0.15, -0.1) is 10.2 Å². The van der Waals surface area contributed by atoms with E-state index in [9.17, 15) is 4.79 Å². The molecule has 5 nitrogen and oxygen atoms in total. The molecule has 0 N–H and O–H groups in total. The number of carbonyl (C=O) groups excluding carboxylic acids is 1. The van der Waals surface area contributed by atoms with Gasteiger partial charge in [-0.25, -0.2) is 0 Å². The maximum absolute atomic E-state index is 12.1. The highest BCUT2D eigenvalue weighted by Gasteiger charge is 2.11. The van der Waals surface area contributed by atoms with Gasteiger partial charge in [0, 0.05) is 15.1 Å². The van der Waals surface area contributed by atoms with Gasteiger partial charge >= 0.3 is 0 Å². The Labute approximate surface area is 161 Å². The Kier molecular flexibility index (Phi) is 6.12. The number of hydrogen-bond acceptors (Lipinski definition) is 6. The second-order valence-electron chi connectivity index (χ2n) is 4.92. The topological polar surface area (TPSA) is 65.2 Å². The monoisotopic (exact) mass is 438 g/mol. The summed E-state index contributed by atoms with van der Waals surface area (Å²) in [5.74, 6) is 1.21. The minimum atomic E-state index is -0.00494. The lowest BCUT2D eigenvalue weighted by Crippen LogP contribution is -2.01. The summed E-state index contributed by atoms with van der Waals surface area (Å²) >= 11 is 10.4. The Hall–Kier alpha value is -1.83. The Balaban J connectivity index is 1.50. The van der Waals surface area contributed by atoms with Crippen LogP contribution >= 0.6 is 39.3 Å². The highest BCUT2D eigenvalue weighted by atomic mass is 79.9. The lowest BCUT2D eigenvalue weighted by Gasteiger charge is -2.02. The molecule has 3 rings (SSSR count). The fourth-order valence-corrected chi connectivity index (χ4v) is 2.94. The molecule has 0 aliphatic rings. The zero-order valence-corrected chi connectivity index (χ0v) is 16.0. The van der Waals surface area contributed by atoms with Crippen LogP contribution in [-0.4, -0.2) is 21.7 Å². The van der Waals surface area contributed by atoms with Gasteiger partial charge in [-0.1, -0.05) is 51.4 Å². The first-order valence-electron chi connectivity index (χ1n) is 7.22. The van der Waals surface area contributed by atoms with Crippen LogP contribution in [0.25, 0.3) is 0 Å². The fraction of sp³-hybridized carbons (Fsp3) is 0.118. The maximum atomic E-state index is 12.1. The van der Waals surface area contributed by atoms with Crippen molar-refractivity contribution in [3.05, 3.63) is 69.5 Å². The number of hydrogen-bond donors (Lipinski definition) is 0. The van der Waals surface area contributed by atoms with E-state index in [0.717, 1.165) is 4.47 Å². The molecule has 0 radical (unpaired) electrons. The number of thioether (sulfide) groups is 1. The molecule has 1 heterocycles. The van der Waals surface area contributed by atoms with Crippen LogP contribution in [0.5, 0.6) is 5.75 Å². The summed E-state index contributed by atoms with van der Waals surface area (Å²) in [4.78, 5) is 12.1. The predicted molar refractivity (Wildman–Crippen MR) is 99.3 cm³/mol. The van der Waals surface area contributed by atoms with Gasteiger partial charge in [0.15, 0.2) is 12.4 Å². The molecule has 8 heteroatoms. The van der Waals surface area contributed by atoms with E-state index < -0.39 is 0 Å². The molecule has 3 aromatic rings. The summed E-state index contributed by atoms with van der Waals surface area (Å²) in [6.45, 7) is 0.149. The number of rotatable bonds is 7. The van der Waals surface area contributed by atoms with Crippen LogP contribution in [0.15, 0.2) is 62.6 Å². The average molecular weight is 440 g/mol. The zero-order valence-electron chi connectivity index (χ0n) is 12.8. The first-order valence-corrected chi connectivity index (χ1v) is 9.38. The van der Waals surface area contributed by atoms with Crippen molar-refractivity contribution in [3.63, 3.8) is 0 Å². The number of Topliss-reactive ketones (excluding diaryl/α,β-unsaturated/α-hetero) is 1. The highest BCUT2D eigenvalue weighted by Crippen LogP contribution is 2.20. The van der Waals surface area contributed by atoms with Crippen LogP contribution < -0.4 is 4.74 Å². The largest absolute Gasteiger partial charge is 0.484 e. The predicted octanol–water partition coefficient (Wildman–Crippen LogP) is 5.04. The van der Waals surface area contributed by atoms with Crippen molar-refractivity contribution in [3.8, 4) is 5.75 Å². The van der Waals surface area contributed by atoms with E-state index in [0.29, 0.717) is 27.4 Å². The van der Waals surface area contributed by atoms with Crippen molar-refractivity contribution in [2.45, 2.75) is 11.8 Å². The lowest BCUT2D eigenvalue weighted by atomic mass is 10.2. The molecular formula is C17H12BrClN2O3S. The molecule has 0 aliphatic carbocycles. The smallest absolute Gasteiger partial charge is 0.277 e. The van der Waals surface area contributed by atoms with Gasteiger partial charge in [-0.2, -0.15) is 0 Å². The fourth-order valence-electron chi connectivity index (χ4n) is 1.88. The van der Waals surface area contributed by atoms with Crippen molar-refractivity contribution in [2.75, 3.05) is 5.75 Å². The Morgan fingerprint density at radius 2 is 1.84 bits per heavy atom. The van der Waals surface area contributed by atoms with Crippen LogP contribution in [0.2, 0.25) is 5.02 Å². The lowest BCUT2D eigenvalue weighted by molar-refractivity contribution is 0.102. The molecule has 0 saturated carbocycles. The second-order valence-corrected chi connectivity index (χ2v) is 7.20. The van der Waals surface area contributed by atoms with Gasteiger partial charge < -0.3 is 9.15 Å². The third kappa shape index (κ3) is 5.32. The van der Waals surface area contributed by atoms with Gasteiger partial charge in [0.2, 0.25) is 0 Å². The van der Waals surface area contributed by atoms with E-state index in [2.05, 4.69) is 26.1 Å². The summed E-state index contributed by atoms with van der Waals surface area (Å²) < 4.78 is 11.9. The summed E-state index contributed by atoms with van der Waals surface area (Å²) in [7, 11) is 0. The van der Waals surface area contributed by atoms with Crippen molar-refractivity contribution < 1.29 is 13.9 Å². The molecular weight excluding hydrogens is 428 g/mol.